The number of nitrogens with zero attached hydrogens (tertiary/aromatic N) is 1. The second kappa shape index (κ2) is 5.94. The highest BCUT2D eigenvalue weighted by molar-refractivity contribution is 14.1. The summed E-state index contributed by atoms with van der Waals surface area (Å²) in [6, 6.07) is 0. The zero-order valence-electron chi connectivity index (χ0n) is 8.26. The van der Waals surface area contributed by atoms with E-state index in [2.05, 4.69) is 45.4 Å². The van der Waals surface area contributed by atoms with Gasteiger partial charge in [-0.25, -0.2) is 0 Å². The van der Waals surface area contributed by atoms with E-state index in [1.54, 1.807) is 11.8 Å². The molecule has 0 aromatic rings. The molecule has 1 atom stereocenters. The maximum Gasteiger partial charge on any atom is 0.233 e. The van der Waals surface area contributed by atoms with Crippen molar-refractivity contribution < 1.29 is 4.79 Å². The van der Waals surface area contributed by atoms with Crippen molar-refractivity contribution >= 4 is 56.2 Å². The fourth-order valence-corrected chi connectivity index (χ4v) is 3.96. The minimum absolute atomic E-state index is 0.0456. The molecule has 1 aliphatic heterocycles. The van der Waals surface area contributed by atoms with Crippen LogP contribution in [0, 0.1) is 0 Å². The van der Waals surface area contributed by atoms with Gasteiger partial charge in [0, 0.05) is 16.3 Å². The zero-order valence-corrected chi connectivity index (χ0v) is 12.8. The summed E-state index contributed by atoms with van der Waals surface area (Å²) in [5.74, 6) is 0.970. The number of alkyl halides is 2. The van der Waals surface area contributed by atoms with E-state index < -0.39 is 0 Å². The summed E-state index contributed by atoms with van der Waals surface area (Å²) in [5.41, 5.74) is 0. The largest absolute Gasteiger partial charge is 0.327 e. The van der Waals surface area contributed by atoms with E-state index in [9.17, 15) is 4.79 Å². The quantitative estimate of drug-likeness (QED) is 0.408. The van der Waals surface area contributed by atoms with Gasteiger partial charge >= 0.3 is 0 Å². The standard InChI is InChI=1S/C9H15BrINOS/c1-9(7-11)12(5-3-2-4-10)8(13)6-14-9/h2-7H2,1H3. The van der Waals surface area contributed by atoms with Crippen LogP contribution in [0.4, 0.5) is 0 Å². The molecule has 5 heteroatoms. The Labute approximate surface area is 112 Å². The van der Waals surface area contributed by atoms with E-state index in [0.29, 0.717) is 11.7 Å². The fraction of sp³-hybridized carbons (Fsp3) is 0.889. The number of halogens is 2. The summed E-state index contributed by atoms with van der Waals surface area (Å²) in [6.45, 7) is 3.08. The van der Waals surface area contributed by atoms with Gasteiger partial charge in [-0.3, -0.25) is 4.79 Å². The highest BCUT2D eigenvalue weighted by Crippen LogP contribution is 2.37. The van der Waals surface area contributed by atoms with Gasteiger partial charge in [-0.2, -0.15) is 0 Å². The van der Waals surface area contributed by atoms with E-state index in [1.807, 2.05) is 4.90 Å². The van der Waals surface area contributed by atoms with Gasteiger partial charge in [-0.15, -0.1) is 11.8 Å². The number of hydrogen-bond donors (Lipinski definition) is 0. The van der Waals surface area contributed by atoms with Crippen LogP contribution in [0.5, 0.6) is 0 Å². The van der Waals surface area contributed by atoms with Crippen LogP contribution < -0.4 is 0 Å². The van der Waals surface area contributed by atoms with Crippen molar-refractivity contribution in [3.8, 4) is 0 Å². The van der Waals surface area contributed by atoms with Crippen molar-refractivity contribution in [3.63, 3.8) is 0 Å². The molecule has 1 saturated heterocycles. The van der Waals surface area contributed by atoms with Crippen LogP contribution in [0.1, 0.15) is 19.8 Å². The third-order valence-electron chi connectivity index (χ3n) is 2.39. The molecule has 1 amide bonds. The van der Waals surface area contributed by atoms with Crippen LogP contribution in [-0.4, -0.2) is 37.7 Å². The first-order valence-electron chi connectivity index (χ1n) is 4.70. The SMILES string of the molecule is CC1(CI)SCC(=O)N1CCCCBr. The Hall–Kier alpha value is 1.03. The lowest BCUT2D eigenvalue weighted by Crippen LogP contribution is -2.43. The molecule has 82 valence electrons. The number of carbonyl (C=O) groups excluding carboxylic acids is 1. The molecule has 1 heterocycles. The maximum absolute atomic E-state index is 11.6. The molecule has 0 aromatic carbocycles. The minimum atomic E-state index is 0.0456. The highest BCUT2D eigenvalue weighted by Gasteiger charge is 2.40. The van der Waals surface area contributed by atoms with Gasteiger partial charge in [0.2, 0.25) is 5.91 Å². The zero-order chi connectivity index (χ0) is 10.6. The molecule has 0 spiro atoms. The van der Waals surface area contributed by atoms with Crippen molar-refractivity contribution in [2.45, 2.75) is 24.6 Å². The third-order valence-corrected chi connectivity index (χ3v) is 6.33. The van der Waals surface area contributed by atoms with Gasteiger partial charge < -0.3 is 4.90 Å². The predicted molar refractivity (Wildman–Crippen MR) is 74.5 cm³/mol. The Balaban J connectivity index is 2.50. The number of carbonyl (C=O) groups is 1. The van der Waals surface area contributed by atoms with Gasteiger partial charge in [0.25, 0.3) is 0 Å². The number of hydrogen-bond acceptors (Lipinski definition) is 2. The van der Waals surface area contributed by atoms with Gasteiger partial charge in [-0.1, -0.05) is 38.5 Å². The molecule has 0 saturated carbocycles. The molecular formula is C9H15BrINOS. The molecule has 0 radical (unpaired) electrons. The first kappa shape index (κ1) is 13.1. The lowest BCUT2D eigenvalue weighted by Gasteiger charge is -2.32. The Kier molecular flexibility index (Phi) is 5.55. The molecule has 1 aliphatic rings. The summed E-state index contributed by atoms with van der Waals surface area (Å²) >= 11 is 7.55. The molecule has 0 aliphatic carbocycles. The first-order chi connectivity index (χ1) is 6.64. The van der Waals surface area contributed by atoms with Crippen molar-refractivity contribution in [1.29, 1.82) is 0 Å². The lowest BCUT2D eigenvalue weighted by atomic mass is 10.2. The number of thioether (sulfide) groups is 1. The Morgan fingerprint density at radius 2 is 2.36 bits per heavy atom. The van der Waals surface area contributed by atoms with Crippen molar-refractivity contribution in [1.82, 2.24) is 4.90 Å². The molecule has 1 fully saturated rings. The molecule has 1 unspecified atom stereocenters. The van der Waals surface area contributed by atoms with Crippen LogP contribution in [0.15, 0.2) is 0 Å². The van der Waals surface area contributed by atoms with Crippen LogP contribution in [0.2, 0.25) is 0 Å². The van der Waals surface area contributed by atoms with Gasteiger partial charge in [-0.05, 0) is 19.8 Å². The number of rotatable bonds is 5. The molecular weight excluding hydrogens is 377 g/mol. The average Bonchev–Trinajstić information content (AvgIpc) is 2.47. The molecule has 14 heavy (non-hydrogen) atoms. The monoisotopic (exact) mass is 391 g/mol. The predicted octanol–water partition coefficient (Wildman–Crippen LogP) is 2.89. The van der Waals surface area contributed by atoms with E-state index in [-0.39, 0.29) is 4.87 Å². The normalized spacial score (nSPS) is 27.4. The minimum Gasteiger partial charge on any atom is -0.327 e. The molecule has 0 N–H and O–H groups in total. The summed E-state index contributed by atoms with van der Waals surface area (Å²) in [6.07, 6.45) is 2.25. The van der Waals surface area contributed by atoms with Crippen LogP contribution >= 0.6 is 50.3 Å². The smallest absolute Gasteiger partial charge is 0.233 e. The van der Waals surface area contributed by atoms with Crippen LogP contribution in [-0.2, 0) is 4.79 Å². The second-order valence-electron chi connectivity index (χ2n) is 3.54. The summed E-state index contributed by atoms with van der Waals surface area (Å²) < 4.78 is 1.01. The fourth-order valence-electron chi connectivity index (χ4n) is 1.47. The molecule has 0 aromatic heterocycles. The van der Waals surface area contributed by atoms with E-state index in [4.69, 9.17) is 0 Å². The third kappa shape index (κ3) is 3.01. The van der Waals surface area contributed by atoms with E-state index >= 15 is 0 Å². The summed E-state index contributed by atoms with van der Waals surface area (Å²) in [4.78, 5) is 13.7. The second-order valence-corrected chi connectivity index (χ2v) is 6.55. The van der Waals surface area contributed by atoms with Gasteiger partial charge in [0.05, 0.1) is 10.6 Å². The van der Waals surface area contributed by atoms with Crippen LogP contribution in [0.25, 0.3) is 0 Å². The molecule has 2 nitrogen and oxygen atoms in total. The summed E-state index contributed by atoms with van der Waals surface area (Å²) in [5, 5.41) is 1.03. The van der Waals surface area contributed by atoms with E-state index in [0.717, 1.165) is 29.1 Å². The Bertz CT molecular complexity index is 217. The van der Waals surface area contributed by atoms with Crippen LogP contribution in [0.3, 0.4) is 0 Å². The highest BCUT2D eigenvalue weighted by atomic mass is 127. The number of amides is 1. The average molecular weight is 392 g/mol. The lowest BCUT2D eigenvalue weighted by molar-refractivity contribution is -0.129. The van der Waals surface area contributed by atoms with Gasteiger partial charge in [0.15, 0.2) is 0 Å². The summed E-state index contributed by atoms with van der Waals surface area (Å²) in [7, 11) is 0. The van der Waals surface area contributed by atoms with Gasteiger partial charge in [0.1, 0.15) is 0 Å². The van der Waals surface area contributed by atoms with Crippen molar-refractivity contribution in [2.75, 3.05) is 22.1 Å². The van der Waals surface area contributed by atoms with E-state index in [1.165, 1.54) is 0 Å². The molecule has 1 rings (SSSR count). The first-order valence-corrected chi connectivity index (χ1v) is 8.33. The molecule has 0 bridgehead atoms. The Morgan fingerprint density at radius 3 is 2.93 bits per heavy atom. The van der Waals surface area contributed by atoms with Crippen molar-refractivity contribution in [2.24, 2.45) is 0 Å². The Morgan fingerprint density at radius 1 is 1.64 bits per heavy atom. The maximum atomic E-state index is 11.6. The number of unbranched alkanes of at least 4 members (excludes halogenated alkanes) is 1. The van der Waals surface area contributed by atoms with Crippen molar-refractivity contribution in [3.05, 3.63) is 0 Å². The topological polar surface area (TPSA) is 20.3 Å².